The molecule has 0 radical (unpaired) electrons. The zero-order chi connectivity index (χ0) is 17.9. The number of hydrogen-bond donors (Lipinski definition) is 2. The number of nitrogens with zero attached hydrogens (tertiary/aromatic N) is 4. The van der Waals surface area contributed by atoms with E-state index in [0.29, 0.717) is 11.6 Å². The number of anilines is 1. The first-order chi connectivity index (χ1) is 12.7. The number of aromatic nitrogens is 4. The summed E-state index contributed by atoms with van der Waals surface area (Å²) in [7, 11) is 1.94. The van der Waals surface area contributed by atoms with Gasteiger partial charge in [0, 0.05) is 37.3 Å². The lowest BCUT2D eigenvalue weighted by atomic mass is 10.1. The van der Waals surface area contributed by atoms with Crippen LogP contribution in [-0.4, -0.2) is 32.8 Å². The van der Waals surface area contributed by atoms with Gasteiger partial charge < -0.3 is 15.1 Å². The highest BCUT2D eigenvalue weighted by Gasteiger charge is 2.21. The Balaban J connectivity index is 1.74. The Morgan fingerprint density at radius 1 is 1.31 bits per heavy atom. The second kappa shape index (κ2) is 7.29. The molecule has 7 nitrogen and oxygen atoms in total. The fourth-order valence-corrected chi connectivity index (χ4v) is 3.39. The van der Waals surface area contributed by atoms with Crippen molar-refractivity contribution in [2.75, 3.05) is 18.4 Å². The minimum absolute atomic E-state index is 0.156. The van der Waals surface area contributed by atoms with Gasteiger partial charge in [0.1, 0.15) is 5.82 Å². The average Bonchev–Trinajstić information content (AvgIpc) is 3.27. The van der Waals surface area contributed by atoms with Gasteiger partial charge in [0.15, 0.2) is 11.6 Å². The number of furan rings is 1. The molecule has 0 fully saturated rings. The zero-order valence-corrected chi connectivity index (χ0v) is 15.2. The summed E-state index contributed by atoms with van der Waals surface area (Å²) >= 11 is 0. The van der Waals surface area contributed by atoms with Crippen molar-refractivity contribution in [3.8, 4) is 11.6 Å². The maximum atomic E-state index is 5.53. The van der Waals surface area contributed by atoms with Gasteiger partial charge in [0.2, 0.25) is 0 Å². The van der Waals surface area contributed by atoms with E-state index < -0.39 is 0 Å². The van der Waals surface area contributed by atoms with Gasteiger partial charge in [-0.15, -0.1) is 0 Å². The van der Waals surface area contributed by atoms with Gasteiger partial charge >= 0.3 is 0 Å². The van der Waals surface area contributed by atoms with Crippen molar-refractivity contribution >= 4 is 5.82 Å². The molecule has 136 valence electrons. The summed E-state index contributed by atoms with van der Waals surface area (Å²) in [6, 6.07) is 3.92. The summed E-state index contributed by atoms with van der Waals surface area (Å²) in [5.74, 6) is 2.24. The molecule has 1 atom stereocenters. The van der Waals surface area contributed by atoms with Crippen molar-refractivity contribution in [2.45, 2.75) is 32.2 Å². The van der Waals surface area contributed by atoms with Crippen LogP contribution >= 0.6 is 0 Å². The van der Waals surface area contributed by atoms with Crippen LogP contribution < -0.4 is 10.6 Å². The summed E-state index contributed by atoms with van der Waals surface area (Å²) in [5.41, 5.74) is 3.46. The van der Waals surface area contributed by atoms with Crippen LogP contribution in [0.15, 0.2) is 35.2 Å². The predicted octanol–water partition coefficient (Wildman–Crippen LogP) is 2.72. The molecule has 4 heterocycles. The Morgan fingerprint density at radius 3 is 2.92 bits per heavy atom. The molecule has 26 heavy (non-hydrogen) atoms. The molecule has 0 unspecified atom stereocenters. The third kappa shape index (κ3) is 3.35. The highest BCUT2D eigenvalue weighted by molar-refractivity contribution is 5.57. The van der Waals surface area contributed by atoms with Crippen molar-refractivity contribution < 1.29 is 4.42 Å². The Kier molecular flexibility index (Phi) is 4.71. The van der Waals surface area contributed by atoms with Gasteiger partial charge in [-0.25, -0.2) is 9.97 Å². The van der Waals surface area contributed by atoms with Crippen molar-refractivity contribution in [1.29, 1.82) is 0 Å². The quantitative estimate of drug-likeness (QED) is 0.735. The highest BCUT2D eigenvalue weighted by atomic mass is 16.3. The smallest absolute Gasteiger partial charge is 0.197 e. The summed E-state index contributed by atoms with van der Waals surface area (Å²) < 4.78 is 7.37. The molecule has 0 amide bonds. The predicted molar refractivity (Wildman–Crippen MR) is 99.9 cm³/mol. The first kappa shape index (κ1) is 16.8. The third-order valence-electron chi connectivity index (χ3n) is 4.77. The monoisotopic (exact) mass is 352 g/mol. The lowest BCUT2D eigenvalue weighted by molar-refractivity contribution is 0.576. The lowest BCUT2D eigenvalue weighted by Crippen LogP contribution is -2.16. The van der Waals surface area contributed by atoms with Crippen LogP contribution in [-0.2, 0) is 19.9 Å². The SMILES string of the molecule is CC[C@@H](Nc1nc(-c2ccco2)nc2c1CCNCC2)c1cnn(C)c1. The van der Waals surface area contributed by atoms with Crippen LogP contribution in [0.25, 0.3) is 11.6 Å². The molecule has 2 N–H and O–H groups in total. The molecular formula is C19H24N6O. The maximum absolute atomic E-state index is 5.53. The van der Waals surface area contributed by atoms with Gasteiger partial charge in [-0.3, -0.25) is 4.68 Å². The highest BCUT2D eigenvalue weighted by Crippen LogP contribution is 2.28. The van der Waals surface area contributed by atoms with Crippen LogP contribution in [0.5, 0.6) is 0 Å². The van der Waals surface area contributed by atoms with E-state index >= 15 is 0 Å². The molecular weight excluding hydrogens is 328 g/mol. The van der Waals surface area contributed by atoms with E-state index in [2.05, 4.69) is 28.9 Å². The number of hydrogen-bond acceptors (Lipinski definition) is 6. The van der Waals surface area contributed by atoms with E-state index in [9.17, 15) is 0 Å². The molecule has 0 aliphatic carbocycles. The minimum Gasteiger partial charge on any atom is -0.461 e. The van der Waals surface area contributed by atoms with E-state index in [1.165, 1.54) is 5.56 Å². The minimum atomic E-state index is 0.156. The second-order valence-corrected chi connectivity index (χ2v) is 6.60. The van der Waals surface area contributed by atoms with E-state index in [1.807, 2.05) is 30.1 Å². The average molecular weight is 352 g/mol. The summed E-state index contributed by atoms with van der Waals surface area (Å²) in [6.07, 6.45) is 8.37. The fourth-order valence-electron chi connectivity index (χ4n) is 3.39. The summed E-state index contributed by atoms with van der Waals surface area (Å²) in [6.45, 7) is 4.04. The Bertz CT molecular complexity index is 870. The number of aryl methyl sites for hydroxylation is 1. The molecule has 1 aliphatic heterocycles. The zero-order valence-electron chi connectivity index (χ0n) is 15.2. The van der Waals surface area contributed by atoms with Gasteiger partial charge in [-0.05, 0) is 31.5 Å². The first-order valence-electron chi connectivity index (χ1n) is 9.14. The second-order valence-electron chi connectivity index (χ2n) is 6.60. The van der Waals surface area contributed by atoms with E-state index in [1.54, 1.807) is 6.26 Å². The molecule has 0 spiro atoms. The molecule has 4 rings (SSSR count). The molecule has 3 aromatic heterocycles. The maximum Gasteiger partial charge on any atom is 0.197 e. The molecule has 1 aliphatic rings. The number of rotatable bonds is 5. The van der Waals surface area contributed by atoms with Crippen LogP contribution in [0.4, 0.5) is 5.82 Å². The van der Waals surface area contributed by atoms with Crippen LogP contribution in [0.3, 0.4) is 0 Å². The molecule has 0 bridgehead atoms. The van der Waals surface area contributed by atoms with Crippen molar-refractivity contribution in [2.24, 2.45) is 7.05 Å². The standard InChI is InChI=1S/C19H24N6O/c1-3-15(13-11-21-25(2)12-13)22-18-14-6-8-20-9-7-16(14)23-19(24-18)17-5-4-10-26-17/h4-5,10-12,15,20H,3,6-9H2,1-2H3,(H,22,23,24)/t15-/m1/s1. The molecule has 0 saturated heterocycles. The third-order valence-corrected chi connectivity index (χ3v) is 4.77. The van der Waals surface area contributed by atoms with Gasteiger partial charge in [-0.1, -0.05) is 6.92 Å². The van der Waals surface area contributed by atoms with Gasteiger partial charge in [-0.2, -0.15) is 5.10 Å². The molecule has 3 aromatic rings. The normalized spacial score (nSPS) is 15.3. The van der Waals surface area contributed by atoms with Crippen LogP contribution in [0, 0.1) is 0 Å². The van der Waals surface area contributed by atoms with Crippen LogP contribution in [0.2, 0.25) is 0 Å². The van der Waals surface area contributed by atoms with Crippen LogP contribution in [0.1, 0.15) is 36.2 Å². The summed E-state index contributed by atoms with van der Waals surface area (Å²) in [4.78, 5) is 9.60. The lowest BCUT2D eigenvalue weighted by Gasteiger charge is -2.20. The topological polar surface area (TPSA) is 80.8 Å². The largest absolute Gasteiger partial charge is 0.461 e. The van der Waals surface area contributed by atoms with Crippen molar-refractivity contribution in [3.63, 3.8) is 0 Å². The van der Waals surface area contributed by atoms with Crippen molar-refractivity contribution in [3.05, 3.63) is 47.6 Å². The number of nitrogens with one attached hydrogen (secondary N) is 2. The Hall–Kier alpha value is -2.67. The molecule has 0 saturated carbocycles. The van der Waals surface area contributed by atoms with Crippen molar-refractivity contribution in [1.82, 2.24) is 25.1 Å². The fraction of sp³-hybridized carbons (Fsp3) is 0.421. The Labute approximate surface area is 152 Å². The van der Waals surface area contributed by atoms with E-state index in [0.717, 1.165) is 49.4 Å². The van der Waals surface area contributed by atoms with E-state index in [4.69, 9.17) is 14.4 Å². The molecule has 0 aromatic carbocycles. The Morgan fingerprint density at radius 2 is 2.19 bits per heavy atom. The van der Waals surface area contributed by atoms with Gasteiger partial charge in [0.25, 0.3) is 0 Å². The van der Waals surface area contributed by atoms with E-state index in [-0.39, 0.29) is 6.04 Å². The van der Waals surface area contributed by atoms with Gasteiger partial charge in [0.05, 0.1) is 24.2 Å². The number of fused-ring (bicyclic) bond motifs is 1. The first-order valence-corrected chi connectivity index (χ1v) is 9.14. The molecule has 7 heteroatoms. The summed E-state index contributed by atoms with van der Waals surface area (Å²) in [5, 5.41) is 11.4.